The Bertz CT molecular complexity index is 827. The second-order valence-electron chi connectivity index (χ2n) is 4.17. The van der Waals surface area contributed by atoms with Crippen molar-refractivity contribution in [3.63, 3.8) is 0 Å². The summed E-state index contributed by atoms with van der Waals surface area (Å²) < 4.78 is 19.7. The van der Waals surface area contributed by atoms with E-state index in [2.05, 4.69) is 20.9 Å². The van der Waals surface area contributed by atoms with Crippen molar-refractivity contribution in [3.05, 3.63) is 51.8 Å². The highest BCUT2D eigenvalue weighted by atomic mass is 79.9. The van der Waals surface area contributed by atoms with Gasteiger partial charge in [0.15, 0.2) is 5.76 Å². The maximum Gasteiger partial charge on any atom is 0.338 e. The number of benzene rings is 1. The maximum absolute atomic E-state index is 13.8. The number of aromatic carboxylic acids is 1. The highest BCUT2D eigenvalue weighted by molar-refractivity contribution is 9.10. The molecule has 0 aliphatic heterocycles. The first kappa shape index (κ1) is 14.0. The summed E-state index contributed by atoms with van der Waals surface area (Å²) in [5, 5.41) is 11.1. The average molecular weight is 368 g/mol. The monoisotopic (exact) mass is 367 g/mol. The van der Waals surface area contributed by atoms with Crippen LogP contribution in [0.4, 0.5) is 4.39 Å². The topological polar surface area (TPSA) is 63.3 Å². The fourth-order valence-corrected chi connectivity index (χ4v) is 2.94. The van der Waals surface area contributed by atoms with Crippen molar-refractivity contribution in [2.75, 3.05) is 0 Å². The third-order valence-electron chi connectivity index (χ3n) is 2.76. The van der Waals surface area contributed by atoms with Crippen LogP contribution in [0.5, 0.6) is 0 Å². The summed E-state index contributed by atoms with van der Waals surface area (Å²) in [6.45, 7) is 0. The molecule has 21 heavy (non-hydrogen) atoms. The number of rotatable bonds is 3. The van der Waals surface area contributed by atoms with Crippen LogP contribution in [0.3, 0.4) is 0 Å². The molecular weight excluding hydrogens is 361 g/mol. The van der Waals surface area contributed by atoms with E-state index in [1.165, 1.54) is 23.5 Å². The molecule has 0 unspecified atom stereocenters. The van der Waals surface area contributed by atoms with E-state index in [4.69, 9.17) is 9.52 Å². The summed E-state index contributed by atoms with van der Waals surface area (Å²) in [4.78, 5) is 15.1. The summed E-state index contributed by atoms with van der Waals surface area (Å²) in [6.07, 6.45) is 1.15. The first-order valence-electron chi connectivity index (χ1n) is 5.78. The molecule has 0 radical (unpaired) electrons. The Balaban J connectivity index is 1.99. The Kier molecular flexibility index (Phi) is 3.60. The Labute approximate surface area is 131 Å². The van der Waals surface area contributed by atoms with Crippen molar-refractivity contribution in [1.29, 1.82) is 0 Å². The van der Waals surface area contributed by atoms with Gasteiger partial charge in [-0.05, 0) is 18.2 Å². The highest BCUT2D eigenvalue weighted by Crippen LogP contribution is 2.32. The fraction of sp³-hybridized carbons (Fsp3) is 0. The highest BCUT2D eigenvalue weighted by Gasteiger charge is 2.15. The van der Waals surface area contributed by atoms with Crippen LogP contribution in [-0.4, -0.2) is 16.1 Å². The lowest BCUT2D eigenvalue weighted by molar-refractivity contribution is 0.0696. The smallest absolute Gasteiger partial charge is 0.338 e. The number of hydrogen-bond acceptors (Lipinski definition) is 4. The van der Waals surface area contributed by atoms with Crippen molar-refractivity contribution in [3.8, 4) is 22.0 Å². The van der Waals surface area contributed by atoms with Gasteiger partial charge in [-0.2, -0.15) is 0 Å². The second-order valence-corrected chi connectivity index (χ2v) is 5.94. The van der Waals surface area contributed by atoms with E-state index in [1.807, 2.05) is 0 Å². The first-order chi connectivity index (χ1) is 10.0. The van der Waals surface area contributed by atoms with Crippen molar-refractivity contribution in [2.24, 2.45) is 0 Å². The van der Waals surface area contributed by atoms with E-state index in [9.17, 15) is 9.18 Å². The van der Waals surface area contributed by atoms with Crippen LogP contribution in [0.2, 0.25) is 0 Å². The van der Waals surface area contributed by atoms with Crippen LogP contribution in [0.1, 0.15) is 10.4 Å². The van der Waals surface area contributed by atoms with Crippen molar-refractivity contribution >= 4 is 33.2 Å². The molecule has 2 heterocycles. The van der Waals surface area contributed by atoms with E-state index in [1.54, 1.807) is 17.5 Å². The molecule has 0 atom stereocenters. The number of carbonyl (C=O) groups is 1. The van der Waals surface area contributed by atoms with E-state index in [0.717, 1.165) is 10.7 Å². The third-order valence-corrected chi connectivity index (χ3v) is 4.13. The van der Waals surface area contributed by atoms with Crippen LogP contribution in [0.15, 0.2) is 44.8 Å². The van der Waals surface area contributed by atoms with E-state index < -0.39 is 5.97 Å². The standard InChI is InChI=1S/C14H7BrFNO3S/c15-8-1-2-10(16)9(4-8)13-17-11(6-21-13)12-3-7(5-20-12)14(18)19/h1-6H,(H,18,19). The maximum atomic E-state index is 13.8. The Morgan fingerprint density at radius 3 is 2.90 bits per heavy atom. The SMILES string of the molecule is O=C(O)c1coc(-c2csc(-c3cc(Br)ccc3F)n2)c1. The van der Waals surface area contributed by atoms with Crippen LogP contribution in [0.25, 0.3) is 22.0 Å². The van der Waals surface area contributed by atoms with Crippen molar-refractivity contribution in [1.82, 2.24) is 4.98 Å². The molecule has 1 aromatic carbocycles. The Morgan fingerprint density at radius 1 is 1.38 bits per heavy atom. The molecule has 4 nitrogen and oxygen atoms in total. The van der Waals surface area contributed by atoms with Gasteiger partial charge < -0.3 is 9.52 Å². The summed E-state index contributed by atoms with van der Waals surface area (Å²) in [6, 6.07) is 6.00. The zero-order chi connectivity index (χ0) is 15.0. The van der Waals surface area contributed by atoms with Gasteiger partial charge in [-0.1, -0.05) is 15.9 Å². The Hall–Kier alpha value is -1.99. The van der Waals surface area contributed by atoms with Gasteiger partial charge in [0.2, 0.25) is 0 Å². The summed E-state index contributed by atoms with van der Waals surface area (Å²) in [5.74, 6) is -1.10. The molecule has 3 rings (SSSR count). The van der Waals surface area contributed by atoms with Crippen LogP contribution in [-0.2, 0) is 0 Å². The molecule has 0 bridgehead atoms. The minimum Gasteiger partial charge on any atom is -0.478 e. The molecule has 0 aliphatic carbocycles. The van der Waals surface area contributed by atoms with Crippen LogP contribution < -0.4 is 0 Å². The van der Waals surface area contributed by atoms with E-state index in [0.29, 0.717) is 22.0 Å². The molecule has 3 aromatic rings. The molecule has 2 aromatic heterocycles. The molecular formula is C14H7BrFNO3S. The number of carboxylic acids is 1. The van der Waals surface area contributed by atoms with Crippen molar-refractivity contribution < 1.29 is 18.7 Å². The normalized spacial score (nSPS) is 10.8. The van der Waals surface area contributed by atoms with Gasteiger partial charge in [0.1, 0.15) is 22.8 Å². The summed E-state index contributed by atoms with van der Waals surface area (Å²) in [7, 11) is 0. The van der Waals surface area contributed by atoms with Gasteiger partial charge in [-0.15, -0.1) is 11.3 Å². The summed E-state index contributed by atoms with van der Waals surface area (Å²) >= 11 is 4.55. The zero-order valence-electron chi connectivity index (χ0n) is 10.3. The lowest BCUT2D eigenvalue weighted by atomic mass is 10.2. The molecule has 7 heteroatoms. The summed E-state index contributed by atoms with van der Waals surface area (Å²) in [5.41, 5.74) is 0.903. The lowest BCUT2D eigenvalue weighted by Gasteiger charge is -1.99. The zero-order valence-corrected chi connectivity index (χ0v) is 12.7. The van der Waals surface area contributed by atoms with Gasteiger partial charge >= 0.3 is 5.97 Å². The molecule has 0 saturated heterocycles. The van der Waals surface area contributed by atoms with E-state index in [-0.39, 0.29) is 11.4 Å². The van der Waals surface area contributed by atoms with Gasteiger partial charge in [0.25, 0.3) is 0 Å². The van der Waals surface area contributed by atoms with Crippen LogP contribution >= 0.6 is 27.3 Å². The molecule has 106 valence electrons. The van der Waals surface area contributed by atoms with E-state index >= 15 is 0 Å². The predicted molar refractivity (Wildman–Crippen MR) is 79.9 cm³/mol. The number of aromatic nitrogens is 1. The molecule has 0 amide bonds. The first-order valence-corrected chi connectivity index (χ1v) is 7.45. The fourth-order valence-electron chi connectivity index (χ4n) is 1.75. The van der Waals surface area contributed by atoms with Gasteiger partial charge in [-0.3, -0.25) is 0 Å². The minimum absolute atomic E-state index is 0.0492. The molecule has 0 saturated carbocycles. The number of halogens is 2. The number of furan rings is 1. The number of nitrogens with zero attached hydrogens (tertiary/aromatic N) is 1. The average Bonchev–Trinajstić information content (AvgIpc) is 3.09. The van der Waals surface area contributed by atoms with Crippen LogP contribution in [0, 0.1) is 5.82 Å². The molecule has 0 spiro atoms. The number of carboxylic acid groups (broad SMARTS) is 1. The number of thiazole rings is 1. The number of hydrogen-bond donors (Lipinski definition) is 1. The molecule has 0 aliphatic rings. The Morgan fingerprint density at radius 2 is 2.19 bits per heavy atom. The quantitative estimate of drug-likeness (QED) is 0.730. The van der Waals surface area contributed by atoms with Gasteiger partial charge in [0, 0.05) is 21.5 Å². The third kappa shape index (κ3) is 2.74. The second kappa shape index (κ2) is 5.42. The largest absolute Gasteiger partial charge is 0.478 e. The molecule has 0 fully saturated rings. The lowest BCUT2D eigenvalue weighted by Crippen LogP contribution is -1.91. The van der Waals surface area contributed by atoms with Crippen molar-refractivity contribution in [2.45, 2.75) is 0 Å². The predicted octanol–water partition coefficient (Wildman–Crippen LogP) is 4.67. The minimum atomic E-state index is -1.07. The van der Waals surface area contributed by atoms with Gasteiger partial charge in [-0.25, -0.2) is 14.2 Å². The molecule has 1 N–H and O–H groups in total. The van der Waals surface area contributed by atoms with Gasteiger partial charge in [0.05, 0.1) is 5.56 Å².